The highest BCUT2D eigenvalue weighted by Gasteiger charge is 2.46. The summed E-state index contributed by atoms with van der Waals surface area (Å²) in [4.78, 5) is 18.5. The second-order valence-corrected chi connectivity index (χ2v) is 11.0. The van der Waals surface area contributed by atoms with Crippen LogP contribution in [0.1, 0.15) is 41.3 Å². The zero-order valence-corrected chi connectivity index (χ0v) is 21.7. The number of nitrogens with zero attached hydrogens (tertiary/aromatic N) is 5. The molecule has 4 aromatic rings. The van der Waals surface area contributed by atoms with Gasteiger partial charge < -0.3 is 21.1 Å². The molecule has 0 radical (unpaired) electrons. The van der Waals surface area contributed by atoms with E-state index >= 15 is 0 Å². The topological polar surface area (TPSA) is 108 Å². The van der Waals surface area contributed by atoms with Crippen molar-refractivity contribution in [1.29, 1.82) is 0 Å². The summed E-state index contributed by atoms with van der Waals surface area (Å²) in [5, 5.41) is 0. The lowest BCUT2D eigenvalue weighted by Crippen LogP contribution is -2.45. The lowest BCUT2D eigenvalue weighted by Gasteiger charge is -2.42. The molecule has 0 bridgehead atoms. The smallest absolute Gasteiger partial charge is 0.211 e. The van der Waals surface area contributed by atoms with Crippen LogP contribution in [0.5, 0.6) is 5.75 Å². The minimum absolute atomic E-state index is 0.0301. The molecule has 0 saturated carbocycles. The number of imidazole rings is 1. The molecule has 1 spiro atoms. The molecule has 1 aliphatic heterocycles. The number of fused-ring (bicyclic) bond motifs is 2. The van der Waals surface area contributed by atoms with Crippen LogP contribution >= 0.6 is 11.8 Å². The number of rotatable bonds is 4. The summed E-state index contributed by atoms with van der Waals surface area (Å²) >= 11 is 1.64. The van der Waals surface area contributed by atoms with Gasteiger partial charge in [0.25, 0.3) is 0 Å². The fraction of sp³-hybridized carbons (Fsp3) is 0.370. The summed E-state index contributed by atoms with van der Waals surface area (Å²) in [7, 11) is 1.71. The van der Waals surface area contributed by atoms with Crippen molar-refractivity contribution in [3.05, 3.63) is 65.2 Å². The van der Waals surface area contributed by atoms with Crippen molar-refractivity contribution in [1.82, 2.24) is 19.4 Å². The molecular weight excluding hydrogens is 470 g/mol. The Bertz CT molecular complexity index is 1460. The molecule has 1 atom stereocenters. The molecule has 0 unspecified atom stereocenters. The fourth-order valence-electron chi connectivity index (χ4n) is 5.76. The van der Waals surface area contributed by atoms with E-state index in [1.807, 2.05) is 31.5 Å². The van der Waals surface area contributed by atoms with E-state index in [9.17, 15) is 0 Å². The molecule has 9 heteroatoms. The number of aromatic nitrogens is 4. The number of nitrogens with two attached hydrogens (primary N) is 2. The first-order valence-electron chi connectivity index (χ1n) is 12.3. The first-order valence-corrected chi connectivity index (χ1v) is 13.1. The van der Waals surface area contributed by atoms with Crippen molar-refractivity contribution in [2.75, 3.05) is 30.8 Å². The third-order valence-electron chi connectivity index (χ3n) is 7.99. The van der Waals surface area contributed by atoms with Gasteiger partial charge in [-0.3, -0.25) is 4.40 Å². The van der Waals surface area contributed by atoms with E-state index in [2.05, 4.69) is 33.3 Å². The molecule has 0 amide bonds. The monoisotopic (exact) mass is 501 g/mol. The van der Waals surface area contributed by atoms with E-state index in [-0.39, 0.29) is 11.5 Å². The number of nitrogen functional groups attached to an aromatic ring is 1. The first kappa shape index (κ1) is 23.1. The van der Waals surface area contributed by atoms with Gasteiger partial charge in [0.2, 0.25) is 5.95 Å². The van der Waals surface area contributed by atoms with Crippen LogP contribution in [-0.4, -0.2) is 39.6 Å². The quantitative estimate of drug-likeness (QED) is 0.426. The predicted octanol–water partition coefficient (Wildman–Crippen LogP) is 4.33. The van der Waals surface area contributed by atoms with Crippen molar-refractivity contribution in [2.45, 2.75) is 48.9 Å². The van der Waals surface area contributed by atoms with Crippen molar-refractivity contribution in [3.8, 4) is 5.75 Å². The number of hydrogen-bond acceptors (Lipinski definition) is 8. The molecule has 8 nitrogen and oxygen atoms in total. The van der Waals surface area contributed by atoms with Gasteiger partial charge in [-0.2, -0.15) is 0 Å². The van der Waals surface area contributed by atoms with Gasteiger partial charge in [-0.1, -0.05) is 17.8 Å². The van der Waals surface area contributed by atoms with E-state index in [1.165, 1.54) is 11.1 Å². The number of aryl methyl sites for hydroxylation is 1. The lowest BCUT2D eigenvalue weighted by atomic mass is 9.73. The Hall–Kier alpha value is -3.30. The number of ether oxygens (including phenoxy) is 1. The first-order chi connectivity index (χ1) is 17.4. The predicted molar refractivity (Wildman–Crippen MR) is 143 cm³/mol. The number of anilines is 2. The summed E-state index contributed by atoms with van der Waals surface area (Å²) in [6.45, 7) is 5.87. The SMILES string of the molecule is COc1ccc2c(c1)[C@@H](N)C1(CCN(c3nc(C)c(Sc4ccnc(N)c4C)c4nccn34)CC1)C2. The minimum atomic E-state index is 0.0301. The van der Waals surface area contributed by atoms with Gasteiger partial charge >= 0.3 is 0 Å². The maximum absolute atomic E-state index is 6.86. The summed E-state index contributed by atoms with van der Waals surface area (Å²) in [6, 6.07) is 8.37. The van der Waals surface area contributed by atoms with E-state index in [0.717, 1.165) is 70.7 Å². The number of methoxy groups -OCH3 is 1. The van der Waals surface area contributed by atoms with E-state index in [1.54, 1.807) is 25.1 Å². The third kappa shape index (κ3) is 3.60. The zero-order valence-electron chi connectivity index (χ0n) is 20.9. The normalized spacial score (nSPS) is 18.7. The van der Waals surface area contributed by atoms with Crippen LogP contribution in [0.25, 0.3) is 5.65 Å². The number of hydrogen-bond donors (Lipinski definition) is 2. The Morgan fingerprint density at radius 1 is 1.11 bits per heavy atom. The van der Waals surface area contributed by atoms with E-state index < -0.39 is 0 Å². The second-order valence-electron chi connectivity index (χ2n) is 9.94. The average molecular weight is 502 g/mol. The minimum Gasteiger partial charge on any atom is -0.497 e. The fourth-order valence-corrected chi connectivity index (χ4v) is 6.80. The average Bonchev–Trinajstić information content (AvgIpc) is 3.47. The maximum Gasteiger partial charge on any atom is 0.211 e. The van der Waals surface area contributed by atoms with Gasteiger partial charge in [0, 0.05) is 48.2 Å². The van der Waals surface area contributed by atoms with Crippen LogP contribution in [-0.2, 0) is 6.42 Å². The largest absolute Gasteiger partial charge is 0.497 e. The van der Waals surface area contributed by atoms with Crippen LogP contribution < -0.4 is 21.1 Å². The molecule has 186 valence electrons. The molecule has 36 heavy (non-hydrogen) atoms. The highest BCUT2D eigenvalue weighted by Crippen LogP contribution is 2.51. The van der Waals surface area contributed by atoms with E-state index in [0.29, 0.717) is 5.82 Å². The highest BCUT2D eigenvalue weighted by atomic mass is 32.2. The molecule has 1 aromatic carbocycles. The second kappa shape index (κ2) is 8.67. The van der Waals surface area contributed by atoms with Crippen molar-refractivity contribution in [3.63, 3.8) is 0 Å². The van der Waals surface area contributed by atoms with Crippen molar-refractivity contribution < 1.29 is 4.74 Å². The molecule has 4 N–H and O–H groups in total. The molecule has 6 rings (SSSR count). The Kier molecular flexibility index (Phi) is 5.57. The van der Waals surface area contributed by atoms with Crippen LogP contribution in [0.15, 0.2) is 52.6 Å². The summed E-state index contributed by atoms with van der Waals surface area (Å²) in [5.41, 5.74) is 18.4. The lowest BCUT2D eigenvalue weighted by molar-refractivity contribution is 0.186. The number of piperidine rings is 1. The van der Waals surface area contributed by atoms with Gasteiger partial charge in [-0.15, -0.1) is 0 Å². The summed E-state index contributed by atoms with van der Waals surface area (Å²) in [6.07, 6.45) is 8.67. The standard InChI is InChI=1S/C27H31N7OS/c1-16-21(6-9-30-24(16)29)36-22-17(2)32-26(34-13-10-31-25(22)34)33-11-7-27(8-12-33)15-18-4-5-19(35-3)14-20(18)23(27)28/h4-6,9-10,13-14,23H,7-8,11-12,15,28H2,1-3H3,(H2,29,30)/t23-/m1/s1. The number of benzene rings is 1. The van der Waals surface area contributed by atoms with Gasteiger partial charge in [0.1, 0.15) is 11.6 Å². The third-order valence-corrected chi connectivity index (χ3v) is 9.34. The van der Waals surface area contributed by atoms with Crippen LogP contribution in [0, 0.1) is 19.3 Å². The van der Waals surface area contributed by atoms with Crippen molar-refractivity contribution in [2.24, 2.45) is 11.1 Å². The highest BCUT2D eigenvalue weighted by molar-refractivity contribution is 7.99. The van der Waals surface area contributed by atoms with Crippen LogP contribution in [0.3, 0.4) is 0 Å². The molecule has 1 saturated heterocycles. The molecule has 1 aliphatic carbocycles. The number of pyridine rings is 1. The Morgan fingerprint density at radius 3 is 2.69 bits per heavy atom. The van der Waals surface area contributed by atoms with Crippen LogP contribution in [0.2, 0.25) is 0 Å². The van der Waals surface area contributed by atoms with Crippen LogP contribution in [0.4, 0.5) is 11.8 Å². The Morgan fingerprint density at radius 2 is 1.92 bits per heavy atom. The van der Waals surface area contributed by atoms with E-state index in [4.69, 9.17) is 26.2 Å². The molecule has 3 aromatic heterocycles. The maximum atomic E-state index is 6.86. The van der Waals surface area contributed by atoms with Crippen molar-refractivity contribution >= 4 is 29.2 Å². The molecule has 4 heterocycles. The van der Waals surface area contributed by atoms with Gasteiger partial charge in [-0.05, 0) is 67.9 Å². The molecular formula is C27H31N7OS. The Labute approximate surface area is 215 Å². The van der Waals surface area contributed by atoms with Gasteiger partial charge in [0.05, 0.1) is 17.7 Å². The van der Waals surface area contributed by atoms with Gasteiger partial charge in [-0.25, -0.2) is 15.0 Å². The molecule has 2 aliphatic rings. The summed E-state index contributed by atoms with van der Waals surface area (Å²) in [5.74, 6) is 2.37. The summed E-state index contributed by atoms with van der Waals surface area (Å²) < 4.78 is 7.56. The van der Waals surface area contributed by atoms with Gasteiger partial charge in [0.15, 0.2) is 5.65 Å². The zero-order chi connectivity index (χ0) is 25.0. The molecule has 1 fully saturated rings. The Balaban J connectivity index is 1.27.